The molecule has 0 fully saturated rings. The molecule has 0 radical (unpaired) electrons. The van der Waals surface area contributed by atoms with Crippen molar-refractivity contribution in [2.45, 2.75) is 12.8 Å². The Hall–Kier alpha value is -0.990. The number of alkyl halides is 1. The van der Waals surface area contributed by atoms with E-state index in [9.17, 15) is 0 Å². The van der Waals surface area contributed by atoms with E-state index in [1.807, 2.05) is 35.9 Å². The van der Waals surface area contributed by atoms with Gasteiger partial charge in [-0.05, 0) is 18.6 Å². The molecule has 2 aromatic rings. The van der Waals surface area contributed by atoms with E-state index >= 15 is 0 Å². The van der Waals surface area contributed by atoms with Crippen LogP contribution in [0, 0.1) is 6.92 Å². The molecule has 0 saturated carbocycles. The zero-order valence-corrected chi connectivity index (χ0v) is 9.76. The first-order valence-corrected chi connectivity index (χ1v) is 5.49. The summed E-state index contributed by atoms with van der Waals surface area (Å²) in [5.41, 5.74) is 1.93. The maximum atomic E-state index is 6.16. The minimum Gasteiger partial charge on any atom is -0.302 e. The third kappa shape index (κ3) is 1.87. The van der Waals surface area contributed by atoms with Gasteiger partial charge in [-0.25, -0.2) is 4.98 Å². The number of hydrogen-bond acceptors (Lipinski definition) is 1. The molecule has 15 heavy (non-hydrogen) atoms. The molecule has 2 nitrogen and oxygen atoms in total. The Morgan fingerprint density at radius 1 is 1.40 bits per heavy atom. The van der Waals surface area contributed by atoms with Crippen LogP contribution in [0.4, 0.5) is 0 Å². The summed E-state index contributed by atoms with van der Waals surface area (Å²) in [4.78, 5) is 4.17. The summed E-state index contributed by atoms with van der Waals surface area (Å²) >= 11 is 12.0. The summed E-state index contributed by atoms with van der Waals surface area (Å²) in [6.07, 6.45) is 3.63. The molecular weight excluding hydrogens is 231 g/mol. The van der Waals surface area contributed by atoms with Crippen molar-refractivity contribution in [3.8, 4) is 5.69 Å². The smallest absolute Gasteiger partial charge is 0.110 e. The molecule has 1 heterocycles. The first-order chi connectivity index (χ1) is 7.24. The number of para-hydroxylation sites is 1. The van der Waals surface area contributed by atoms with Crippen molar-refractivity contribution in [1.29, 1.82) is 0 Å². The largest absolute Gasteiger partial charge is 0.302 e. The average molecular weight is 241 g/mol. The van der Waals surface area contributed by atoms with E-state index in [-0.39, 0.29) is 0 Å². The topological polar surface area (TPSA) is 17.8 Å². The predicted octanol–water partition coefficient (Wildman–Crippen LogP) is 3.57. The lowest BCUT2D eigenvalue weighted by Gasteiger charge is -2.11. The zero-order valence-electron chi connectivity index (χ0n) is 8.24. The van der Waals surface area contributed by atoms with E-state index in [0.29, 0.717) is 10.9 Å². The molecular formula is C11H10Cl2N2. The first kappa shape index (κ1) is 10.5. The van der Waals surface area contributed by atoms with Crippen LogP contribution in [0.2, 0.25) is 5.02 Å². The quantitative estimate of drug-likeness (QED) is 0.735. The molecule has 4 heteroatoms. The van der Waals surface area contributed by atoms with Crippen molar-refractivity contribution >= 4 is 23.2 Å². The second-order valence-electron chi connectivity index (χ2n) is 3.23. The predicted molar refractivity (Wildman–Crippen MR) is 62.9 cm³/mol. The van der Waals surface area contributed by atoms with Crippen LogP contribution in [0.1, 0.15) is 11.4 Å². The lowest BCUT2D eigenvalue weighted by Crippen LogP contribution is -2.00. The van der Waals surface area contributed by atoms with Gasteiger partial charge in [-0.15, -0.1) is 11.6 Å². The fourth-order valence-corrected chi connectivity index (χ4v) is 2.05. The van der Waals surface area contributed by atoms with E-state index < -0.39 is 0 Å². The van der Waals surface area contributed by atoms with Gasteiger partial charge < -0.3 is 4.57 Å². The van der Waals surface area contributed by atoms with Crippen LogP contribution in [0.25, 0.3) is 5.69 Å². The number of aryl methyl sites for hydroxylation is 1. The fraction of sp³-hybridized carbons (Fsp3) is 0.182. The summed E-state index contributed by atoms with van der Waals surface area (Å²) in [5, 5.41) is 0.689. The van der Waals surface area contributed by atoms with Gasteiger partial charge in [0, 0.05) is 18.3 Å². The lowest BCUT2D eigenvalue weighted by molar-refractivity contribution is 0.962. The molecule has 0 atom stereocenters. The van der Waals surface area contributed by atoms with E-state index in [1.54, 1.807) is 6.20 Å². The van der Waals surface area contributed by atoms with Gasteiger partial charge in [0.05, 0.1) is 10.7 Å². The second kappa shape index (κ2) is 4.25. The van der Waals surface area contributed by atoms with Gasteiger partial charge in [0.15, 0.2) is 0 Å². The highest BCUT2D eigenvalue weighted by atomic mass is 35.5. The van der Waals surface area contributed by atoms with Crippen molar-refractivity contribution < 1.29 is 0 Å². The molecule has 2 rings (SSSR count). The first-order valence-electron chi connectivity index (χ1n) is 4.57. The van der Waals surface area contributed by atoms with Gasteiger partial charge in [0.2, 0.25) is 0 Å². The summed E-state index contributed by atoms with van der Waals surface area (Å²) < 4.78 is 1.94. The van der Waals surface area contributed by atoms with Crippen LogP contribution >= 0.6 is 23.2 Å². The number of aromatic nitrogens is 2. The fourth-order valence-electron chi connectivity index (χ4n) is 1.55. The van der Waals surface area contributed by atoms with Crippen molar-refractivity contribution in [3.05, 3.63) is 47.0 Å². The SMILES string of the molecule is Cc1nccn1-c1c(Cl)cccc1CCl. The van der Waals surface area contributed by atoms with Gasteiger partial charge in [-0.3, -0.25) is 0 Å². The molecule has 0 saturated heterocycles. The van der Waals surface area contributed by atoms with Crippen LogP contribution < -0.4 is 0 Å². The Morgan fingerprint density at radius 3 is 2.80 bits per heavy atom. The van der Waals surface area contributed by atoms with Gasteiger partial charge in [-0.2, -0.15) is 0 Å². The van der Waals surface area contributed by atoms with Crippen LogP contribution in [-0.2, 0) is 5.88 Å². The van der Waals surface area contributed by atoms with E-state index in [0.717, 1.165) is 17.1 Å². The second-order valence-corrected chi connectivity index (χ2v) is 3.90. The van der Waals surface area contributed by atoms with Gasteiger partial charge in [0.1, 0.15) is 5.82 Å². The highest BCUT2D eigenvalue weighted by Gasteiger charge is 2.09. The Balaban J connectivity index is 2.66. The molecule has 0 N–H and O–H groups in total. The maximum Gasteiger partial charge on any atom is 0.110 e. The van der Waals surface area contributed by atoms with Crippen LogP contribution in [0.5, 0.6) is 0 Å². The van der Waals surface area contributed by atoms with Crippen molar-refractivity contribution in [1.82, 2.24) is 9.55 Å². The number of halogens is 2. The molecule has 0 amide bonds. The van der Waals surface area contributed by atoms with Gasteiger partial charge in [-0.1, -0.05) is 23.7 Å². The highest BCUT2D eigenvalue weighted by molar-refractivity contribution is 6.32. The molecule has 0 aliphatic heterocycles. The molecule has 0 unspecified atom stereocenters. The highest BCUT2D eigenvalue weighted by Crippen LogP contribution is 2.26. The van der Waals surface area contributed by atoms with Crippen molar-refractivity contribution in [2.75, 3.05) is 0 Å². The van der Waals surface area contributed by atoms with Gasteiger partial charge >= 0.3 is 0 Å². The summed E-state index contributed by atoms with van der Waals surface area (Å²) in [6, 6.07) is 5.72. The number of imidazole rings is 1. The Kier molecular flexibility index (Phi) is 2.98. The number of nitrogens with zero attached hydrogens (tertiary/aromatic N) is 2. The minimum atomic E-state index is 0.438. The Labute approximate surface area is 98.5 Å². The van der Waals surface area contributed by atoms with Crippen molar-refractivity contribution in [2.24, 2.45) is 0 Å². The lowest BCUT2D eigenvalue weighted by atomic mass is 10.2. The minimum absolute atomic E-state index is 0.438. The maximum absolute atomic E-state index is 6.16. The third-order valence-electron chi connectivity index (χ3n) is 2.28. The zero-order chi connectivity index (χ0) is 10.8. The molecule has 0 aliphatic carbocycles. The van der Waals surface area contributed by atoms with E-state index in [1.165, 1.54) is 0 Å². The van der Waals surface area contributed by atoms with Crippen molar-refractivity contribution in [3.63, 3.8) is 0 Å². The Morgan fingerprint density at radius 2 is 2.20 bits per heavy atom. The summed E-state index contributed by atoms with van der Waals surface area (Å²) in [6.45, 7) is 1.93. The van der Waals surface area contributed by atoms with Crippen LogP contribution in [-0.4, -0.2) is 9.55 Å². The molecule has 78 valence electrons. The van der Waals surface area contributed by atoms with Crippen LogP contribution in [0.3, 0.4) is 0 Å². The summed E-state index contributed by atoms with van der Waals surface area (Å²) in [7, 11) is 0. The van der Waals surface area contributed by atoms with Gasteiger partial charge in [0.25, 0.3) is 0 Å². The number of rotatable bonds is 2. The summed E-state index contributed by atoms with van der Waals surface area (Å²) in [5.74, 6) is 1.34. The standard InChI is InChI=1S/C11H10Cl2N2/c1-8-14-5-6-15(8)11-9(7-12)3-2-4-10(11)13/h2-6H,7H2,1H3. The molecule has 1 aromatic carbocycles. The monoisotopic (exact) mass is 240 g/mol. The molecule has 0 bridgehead atoms. The molecule has 0 spiro atoms. The van der Waals surface area contributed by atoms with E-state index in [2.05, 4.69) is 4.98 Å². The molecule has 0 aliphatic rings. The molecule has 1 aromatic heterocycles. The Bertz CT molecular complexity index is 477. The van der Waals surface area contributed by atoms with E-state index in [4.69, 9.17) is 23.2 Å². The average Bonchev–Trinajstić information content (AvgIpc) is 2.64. The number of benzene rings is 1. The van der Waals surface area contributed by atoms with Crippen LogP contribution in [0.15, 0.2) is 30.6 Å². The number of hydrogen-bond donors (Lipinski definition) is 0. The third-order valence-corrected chi connectivity index (χ3v) is 2.87. The normalized spacial score (nSPS) is 10.6.